The van der Waals surface area contributed by atoms with Crippen LogP contribution in [0.4, 0.5) is 0 Å². The van der Waals surface area contributed by atoms with Crippen molar-refractivity contribution in [1.82, 2.24) is 15.1 Å². The number of hydrogen-bond acceptors (Lipinski definition) is 5. The predicted molar refractivity (Wildman–Crippen MR) is 127 cm³/mol. The summed E-state index contributed by atoms with van der Waals surface area (Å²) in [6, 6.07) is 8.10. The molecule has 0 bridgehead atoms. The molecule has 7 nitrogen and oxygen atoms in total. The van der Waals surface area contributed by atoms with E-state index < -0.39 is 0 Å². The van der Waals surface area contributed by atoms with Crippen LogP contribution in [0.3, 0.4) is 0 Å². The lowest BCUT2D eigenvalue weighted by molar-refractivity contribution is -0.146. The fraction of sp³-hybridized carbons (Fsp3) is 0.619. The number of likely N-dealkylation sites (N-methyl/N-ethyl adjacent to an activating group) is 1. The van der Waals surface area contributed by atoms with Gasteiger partial charge in [0.15, 0.2) is 5.96 Å². The molecule has 0 aliphatic carbocycles. The lowest BCUT2D eigenvalue weighted by Crippen LogP contribution is -2.46. The van der Waals surface area contributed by atoms with Crippen LogP contribution >= 0.6 is 24.0 Å². The van der Waals surface area contributed by atoms with Crippen LogP contribution in [-0.2, 0) is 16.1 Å². The van der Waals surface area contributed by atoms with Crippen LogP contribution in [0.15, 0.2) is 29.3 Å². The Kier molecular flexibility index (Phi) is 12.0. The number of nitrogens with one attached hydrogen (secondary N) is 1. The van der Waals surface area contributed by atoms with Crippen LogP contribution in [0, 0.1) is 5.92 Å². The smallest absolute Gasteiger partial charge is 0.308 e. The SMILES string of the molecule is CCNC(=NCc1cccc(OCCN(C)C)c1)N1CCC(C(=O)OC)CC1.I. The van der Waals surface area contributed by atoms with Gasteiger partial charge in [-0.25, -0.2) is 4.99 Å². The summed E-state index contributed by atoms with van der Waals surface area (Å²) in [5, 5.41) is 3.36. The lowest BCUT2D eigenvalue weighted by Gasteiger charge is -2.33. The lowest BCUT2D eigenvalue weighted by atomic mass is 9.97. The number of guanidine groups is 1. The zero-order valence-corrected chi connectivity index (χ0v) is 20.3. The molecule has 1 aliphatic heterocycles. The second-order valence-electron chi connectivity index (χ2n) is 7.25. The summed E-state index contributed by atoms with van der Waals surface area (Å²) in [6.45, 7) is 6.62. The standard InChI is InChI=1S/C21H34N4O3.HI/c1-5-22-21(25-11-9-18(10-12-25)20(26)27-4)23-16-17-7-6-8-19(15-17)28-14-13-24(2)3;/h6-8,15,18H,5,9-14,16H2,1-4H3,(H,22,23);1H. The minimum atomic E-state index is -0.104. The van der Waals surface area contributed by atoms with E-state index in [1.54, 1.807) is 0 Å². The largest absolute Gasteiger partial charge is 0.492 e. The summed E-state index contributed by atoms with van der Waals surface area (Å²) in [7, 11) is 5.52. The van der Waals surface area contributed by atoms with Crippen molar-refractivity contribution in [3.05, 3.63) is 29.8 Å². The highest BCUT2D eigenvalue weighted by atomic mass is 127. The molecular formula is C21H35IN4O3. The summed E-state index contributed by atoms with van der Waals surface area (Å²) in [5.74, 6) is 1.66. The molecule has 2 rings (SSSR count). The number of aliphatic imine (C=N–C) groups is 1. The average molecular weight is 518 g/mol. The van der Waals surface area contributed by atoms with Crippen LogP contribution < -0.4 is 10.1 Å². The zero-order chi connectivity index (χ0) is 20.4. The van der Waals surface area contributed by atoms with Crippen LogP contribution in [0.1, 0.15) is 25.3 Å². The van der Waals surface area contributed by atoms with Gasteiger partial charge in [-0.3, -0.25) is 4.79 Å². The molecule has 0 aromatic heterocycles. The minimum Gasteiger partial charge on any atom is -0.492 e. The Bertz CT molecular complexity index is 647. The third kappa shape index (κ3) is 8.77. The predicted octanol–water partition coefficient (Wildman–Crippen LogP) is 2.60. The van der Waals surface area contributed by atoms with Gasteiger partial charge in [-0.1, -0.05) is 12.1 Å². The molecule has 8 heteroatoms. The van der Waals surface area contributed by atoms with Crippen LogP contribution in [0.25, 0.3) is 0 Å². The molecule has 0 spiro atoms. The molecule has 0 amide bonds. The van der Waals surface area contributed by atoms with E-state index in [-0.39, 0.29) is 35.9 Å². The van der Waals surface area contributed by atoms with Gasteiger partial charge < -0.3 is 24.6 Å². The summed E-state index contributed by atoms with van der Waals surface area (Å²) >= 11 is 0. The van der Waals surface area contributed by atoms with Crippen molar-refractivity contribution in [2.75, 3.05) is 54.0 Å². The van der Waals surface area contributed by atoms with Crippen molar-refractivity contribution in [3.63, 3.8) is 0 Å². The zero-order valence-electron chi connectivity index (χ0n) is 18.0. The Labute approximate surface area is 191 Å². The first-order valence-corrected chi connectivity index (χ1v) is 10.0. The normalized spacial score (nSPS) is 15.1. The van der Waals surface area contributed by atoms with E-state index in [4.69, 9.17) is 14.5 Å². The van der Waals surface area contributed by atoms with Gasteiger partial charge in [0, 0.05) is 26.2 Å². The van der Waals surface area contributed by atoms with Gasteiger partial charge >= 0.3 is 5.97 Å². The summed E-state index contributed by atoms with van der Waals surface area (Å²) in [6.07, 6.45) is 1.60. The quantitative estimate of drug-likeness (QED) is 0.247. The number of ether oxygens (including phenoxy) is 2. The van der Waals surface area contributed by atoms with Crippen molar-refractivity contribution in [3.8, 4) is 5.75 Å². The van der Waals surface area contributed by atoms with E-state index in [9.17, 15) is 4.79 Å². The van der Waals surface area contributed by atoms with Gasteiger partial charge in [0.2, 0.25) is 0 Å². The monoisotopic (exact) mass is 518 g/mol. The number of likely N-dealkylation sites (tertiary alicyclic amines) is 1. The fourth-order valence-corrected chi connectivity index (χ4v) is 3.17. The highest BCUT2D eigenvalue weighted by molar-refractivity contribution is 14.0. The molecule has 1 aromatic rings. The number of hydrogen-bond donors (Lipinski definition) is 1. The van der Waals surface area contributed by atoms with Crippen LogP contribution in [0.2, 0.25) is 0 Å². The molecule has 1 heterocycles. The third-order valence-corrected chi connectivity index (χ3v) is 4.78. The van der Waals surface area contributed by atoms with Crippen molar-refractivity contribution in [2.45, 2.75) is 26.3 Å². The maximum Gasteiger partial charge on any atom is 0.308 e. The number of carbonyl (C=O) groups excluding carboxylic acids is 1. The van der Waals surface area contributed by atoms with Crippen molar-refractivity contribution in [2.24, 2.45) is 10.9 Å². The molecule has 0 saturated carbocycles. The number of benzene rings is 1. The number of halogens is 1. The molecule has 0 atom stereocenters. The number of esters is 1. The van der Waals surface area contributed by atoms with E-state index in [0.29, 0.717) is 13.2 Å². The highest BCUT2D eigenvalue weighted by Crippen LogP contribution is 2.19. The van der Waals surface area contributed by atoms with E-state index in [0.717, 1.165) is 56.3 Å². The maximum absolute atomic E-state index is 11.7. The number of piperidine rings is 1. The van der Waals surface area contributed by atoms with E-state index in [1.165, 1.54) is 7.11 Å². The van der Waals surface area contributed by atoms with Crippen LogP contribution in [-0.4, -0.2) is 75.7 Å². The first-order valence-electron chi connectivity index (χ1n) is 10.0. The number of methoxy groups -OCH3 is 1. The van der Waals surface area contributed by atoms with Gasteiger partial charge in [-0.15, -0.1) is 24.0 Å². The Morgan fingerprint density at radius 3 is 2.66 bits per heavy atom. The van der Waals surface area contributed by atoms with Crippen molar-refractivity contribution in [1.29, 1.82) is 0 Å². The van der Waals surface area contributed by atoms with Gasteiger partial charge in [-0.2, -0.15) is 0 Å². The van der Waals surface area contributed by atoms with Gasteiger partial charge in [0.05, 0.1) is 19.6 Å². The molecule has 0 unspecified atom stereocenters. The molecule has 0 radical (unpaired) electrons. The van der Waals surface area contributed by atoms with Gasteiger partial charge in [0.25, 0.3) is 0 Å². The molecule has 1 N–H and O–H groups in total. The van der Waals surface area contributed by atoms with Gasteiger partial charge in [0.1, 0.15) is 12.4 Å². The topological polar surface area (TPSA) is 66.4 Å². The second-order valence-corrected chi connectivity index (χ2v) is 7.25. The van der Waals surface area contributed by atoms with Gasteiger partial charge in [-0.05, 0) is 51.6 Å². The Morgan fingerprint density at radius 2 is 2.03 bits per heavy atom. The number of carbonyl (C=O) groups is 1. The fourth-order valence-electron chi connectivity index (χ4n) is 3.17. The molecule has 1 fully saturated rings. The molecule has 1 aromatic carbocycles. The molecule has 1 saturated heterocycles. The maximum atomic E-state index is 11.7. The molecule has 164 valence electrons. The van der Waals surface area contributed by atoms with Crippen molar-refractivity contribution >= 4 is 35.9 Å². The second kappa shape index (κ2) is 13.6. The number of rotatable bonds is 8. The van der Waals surface area contributed by atoms with E-state index in [2.05, 4.69) is 28.1 Å². The summed E-state index contributed by atoms with van der Waals surface area (Å²) in [4.78, 5) is 20.8. The third-order valence-electron chi connectivity index (χ3n) is 4.78. The first kappa shape index (κ1) is 25.5. The highest BCUT2D eigenvalue weighted by Gasteiger charge is 2.26. The number of nitrogens with zero attached hydrogens (tertiary/aromatic N) is 3. The van der Waals surface area contributed by atoms with E-state index in [1.807, 2.05) is 32.3 Å². The summed E-state index contributed by atoms with van der Waals surface area (Å²) < 4.78 is 10.7. The Balaban J connectivity index is 0.00000420. The Morgan fingerprint density at radius 1 is 1.31 bits per heavy atom. The van der Waals surface area contributed by atoms with Crippen molar-refractivity contribution < 1.29 is 14.3 Å². The Hall–Kier alpha value is -1.55. The van der Waals surface area contributed by atoms with E-state index >= 15 is 0 Å². The molecule has 29 heavy (non-hydrogen) atoms. The molecular weight excluding hydrogens is 483 g/mol. The average Bonchev–Trinajstić information content (AvgIpc) is 2.71. The minimum absolute atomic E-state index is 0. The first-order chi connectivity index (χ1) is 13.5. The van der Waals surface area contributed by atoms with Crippen LogP contribution in [0.5, 0.6) is 5.75 Å². The molecule has 1 aliphatic rings. The summed E-state index contributed by atoms with van der Waals surface area (Å²) in [5.41, 5.74) is 1.11.